The molecule has 0 saturated heterocycles. The van der Waals surface area contributed by atoms with Crippen molar-refractivity contribution in [2.75, 3.05) is 19.0 Å². The normalized spacial score (nSPS) is 10.5. The molecule has 1 N–H and O–H groups in total. The van der Waals surface area contributed by atoms with Crippen LogP contribution in [0.4, 0.5) is 11.4 Å². The third-order valence-corrected chi connectivity index (χ3v) is 5.07. The molecule has 2 heterocycles. The summed E-state index contributed by atoms with van der Waals surface area (Å²) in [5, 5.41) is 17.2. The number of carbonyl (C=O) groups excluding carboxylic acids is 1. The van der Waals surface area contributed by atoms with Crippen LogP contribution in [0.2, 0.25) is 0 Å². The molecule has 0 fully saturated rings. The number of esters is 1. The van der Waals surface area contributed by atoms with Crippen molar-refractivity contribution in [2.45, 2.75) is 13.8 Å². The largest absolute Gasteiger partial charge is 0.497 e. The van der Waals surface area contributed by atoms with Crippen molar-refractivity contribution in [2.24, 2.45) is 0 Å². The van der Waals surface area contributed by atoms with E-state index in [4.69, 9.17) is 14.2 Å². The third kappa shape index (κ3) is 4.43. The van der Waals surface area contributed by atoms with Crippen LogP contribution in [0.3, 0.4) is 0 Å². The maximum absolute atomic E-state index is 12.3. The lowest BCUT2D eigenvalue weighted by Crippen LogP contribution is -2.04. The van der Waals surface area contributed by atoms with Gasteiger partial charge in [-0.15, -0.1) is 0 Å². The van der Waals surface area contributed by atoms with E-state index in [1.807, 2.05) is 42.5 Å². The number of methoxy groups -OCH3 is 1. The molecule has 33 heavy (non-hydrogen) atoms. The number of ether oxygens (including phenoxy) is 3. The first-order chi connectivity index (χ1) is 16.0. The number of aromatic nitrogens is 2. The van der Waals surface area contributed by atoms with Gasteiger partial charge in [0, 0.05) is 18.0 Å². The van der Waals surface area contributed by atoms with Crippen molar-refractivity contribution < 1.29 is 19.0 Å². The molecular weight excluding hydrogens is 420 g/mol. The Morgan fingerprint density at radius 1 is 1.15 bits per heavy atom. The van der Waals surface area contributed by atoms with Crippen LogP contribution in [-0.2, 0) is 4.74 Å². The Morgan fingerprint density at radius 2 is 1.91 bits per heavy atom. The van der Waals surface area contributed by atoms with Crippen LogP contribution in [0.1, 0.15) is 28.4 Å². The van der Waals surface area contributed by atoms with Gasteiger partial charge in [0.15, 0.2) is 0 Å². The first kappa shape index (κ1) is 21.7. The van der Waals surface area contributed by atoms with Gasteiger partial charge in [0.25, 0.3) is 0 Å². The number of nitrogens with one attached hydrogen (secondary N) is 1. The van der Waals surface area contributed by atoms with Gasteiger partial charge in [-0.05, 0) is 55.8 Å². The zero-order valence-corrected chi connectivity index (χ0v) is 18.5. The summed E-state index contributed by atoms with van der Waals surface area (Å²) in [4.78, 5) is 12.3. The summed E-state index contributed by atoms with van der Waals surface area (Å²) < 4.78 is 17.8. The highest BCUT2D eigenvalue weighted by atomic mass is 16.5. The number of aryl methyl sites for hydroxylation is 1. The molecule has 8 nitrogen and oxygen atoms in total. The fourth-order valence-electron chi connectivity index (χ4n) is 3.47. The number of anilines is 2. The molecule has 0 saturated carbocycles. The van der Waals surface area contributed by atoms with E-state index < -0.39 is 5.97 Å². The molecule has 0 aliphatic rings. The highest BCUT2D eigenvalue weighted by Crippen LogP contribution is 2.32. The van der Waals surface area contributed by atoms with Gasteiger partial charge < -0.3 is 19.5 Å². The van der Waals surface area contributed by atoms with Crippen molar-refractivity contribution >= 4 is 22.9 Å². The van der Waals surface area contributed by atoms with Gasteiger partial charge in [0.1, 0.15) is 23.3 Å². The number of carbonyl (C=O) groups is 1. The van der Waals surface area contributed by atoms with Crippen molar-refractivity contribution in [3.63, 3.8) is 0 Å². The zero-order valence-electron chi connectivity index (χ0n) is 18.5. The minimum absolute atomic E-state index is 0.274. The van der Waals surface area contributed by atoms with E-state index in [1.165, 1.54) is 6.20 Å². The molecule has 8 heteroatoms. The number of hydrogen-bond acceptors (Lipinski definition) is 7. The van der Waals surface area contributed by atoms with E-state index in [9.17, 15) is 10.1 Å². The lowest BCUT2D eigenvalue weighted by Gasteiger charge is -2.12. The average Bonchev–Trinajstić information content (AvgIpc) is 3.17. The van der Waals surface area contributed by atoms with Crippen LogP contribution in [0.15, 0.2) is 60.9 Å². The molecule has 166 valence electrons. The van der Waals surface area contributed by atoms with E-state index in [0.29, 0.717) is 45.1 Å². The predicted octanol–water partition coefficient (Wildman–Crippen LogP) is 5.24. The maximum Gasteiger partial charge on any atom is 0.340 e. The van der Waals surface area contributed by atoms with Crippen LogP contribution in [-0.4, -0.2) is 29.3 Å². The third-order valence-electron chi connectivity index (χ3n) is 5.07. The fraction of sp³-hybridized carbons (Fsp3) is 0.160. The van der Waals surface area contributed by atoms with Gasteiger partial charge in [-0.2, -0.15) is 10.4 Å². The average molecular weight is 442 g/mol. The summed E-state index contributed by atoms with van der Waals surface area (Å²) in [6, 6.07) is 16.8. The smallest absolute Gasteiger partial charge is 0.340 e. The van der Waals surface area contributed by atoms with Gasteiger partial charge in [-0.3, -0.25) is 0 Å². The number of benzene rings is 2. The summed E-state index contributed by atoms with van der Waals surface area (Å²) in [6.07, 6.45) is 3.07. The minimum atomic E-state index is -0.427. The van der Waals surface area contributed by atoms with Gasteiger partial charge in [-0.25, -0.2) is 9.31 Å². The Labute approximate surface area is 190 Å². The van der Waals surface area contributed by atoms with Crippen molar-refractivity contribution in [3.05, 3.63) is 77.6 Å². The Hall–Kier alpha value is -4.51. The van der Waals surface area contributed by atoms with E-state index in [0.717, 1.165) is 5.69 Å². The molecule has 0 spiro atoms. The molecule has 0 radical (unpaired) electrons. The van der Waals surface area contributed by atoms with Crippen LogP contribution in [0.25, 0.3) is 5.52 Å². The molecule has 0 bridgehead atoms. The van der Waals surface area contributed by atoms with Crippen LogP contribution in [0, 0.1) is 18.3 Å². The Morgan fingerprint density at radius 3 is 2.61 bits per heavy atom. The fourth-order valence-corrected chi connectivity index (χ4v) is 3.47. The molecule has 0 aliphatic carbocycles. The van der Waals surface area contributed by atoms with Crippen molar-refractivity contribution in [1.82, 2.24) is 9.61 Å². The second-order valence-electron chi connectivity index (χ2n) is 7.16. The molecule has 0 unspecified atom stereocenters. The first-order valence-corrected chi connectivity index (χ1v) is 10.3. The number of hydrogen-bond donors (Lipinski definition) is 1. The molecule has 2 aromatic heterocycles. The Balaban J connectivity index is 1.64. The monoisotopic (exact) mass is 442 g/mol. The second-order valence-corrected chi connectivity index (χ2v) is 7.16. The Kier molecular flexibility index (Phi) is 6.13. The van der Waals surface area contributed by atoms with Gasteiger partial charge in [0.2, 0.25) is 0 Å². The number of rotatable bonds is 7. The van der Waals surface area contributed by atoms with Gasteiger partial charge in [-0.1, -0.05) is 6.07 Å². The minimum Gasteiger partial charge on any atom is -0.497 e. The van der Waals surface area contributed by atoms with E-state index in [-0.39, 0.29) is 6.61 Å². The summed E-state index contributed by atoms with van der Waals surface area (Å²) in [7, 11) is 1.60. The molecule has 0 aliphatic heterocycles. The second kappa shape index (κ2) is 9.32. The predicted molar refractivity (Wildman–Crippen MR) is 123 cm³/mol. The van der Waals surface area contributed by atoms with Crippen molar-refractivity contribution in [1.29, 1.82) is 5.26 Å². The van der Waals surface area contributed by atoms with Crippen LogP contribution >= 0.6 is 0 Å². The molecule has 2 aromatic carbocycles. The lowest BCUT2D eigenvalue weighted by molar-refractivity contribution is 0.0525. The topological polar surface area (TPSA) is 97.9 Å². The molecule has 0 amide bonds. The molecule has 4 aromatic rings. The van der Waals surface area contributed by atoms with Crippen LogP contribution in [0.5, 0.6) is 17.2 Å². The molecular formula is C25H22N4O4. The van der Waals surface area contributed by atoms with E-state index in [1.54, 1.807) is 37.7 Å². The summed E-state index contributed by atoms with van der Waals surface area (Å²) in [5.41, 5.74) is 3.38. The number of fused-ring (bicyclic) bond motifs is 1. The maximum atomic E-state index is 12.3. The van der Waals surface area contributed by atoms with Gasteiger partial charge in [0.05, 0.1) is 42.2 Å². The van der Waals surface area contributed by atoms with E-state index in [2.05, 4.69) is 16.5 Å². The summed E-state index contributed by atoms with van der Waals surface area (Å²) in [6.45, 7) is 3.83. The SMILES string of the molecule is CCOC(=O)c1cn2ncc(C#N)c(Nc3ccc(Oc4cccc(OC)c4)cc3)c2c1C. The highest BCUT2D eigenvalue weighted by molar-refractivity contribution is 5.97. The summed E-state index contributed by atoms with van der Waals surface area (Å²) >= 11 is 0. The number of nitriles is 1. The quantitative estimate of drug-likeness (QED) is 0.391. The Bertz CT molecular complexity index is 1350. The van der Waals surface area contributed by atoms with Gasteiger partial charge >= 0.3 is 5.97 Å². The van der Waals surface area contributed by atoms with E-state index >= 15 is 0 Å². The lowest BCUT2D eigenvalue weighted by atomic mass is 10.1. The van der Waals surface area contributed by atoms with Crippen LogP contribution < -0.4 is 14.8 Å². The molecule has 0 atom stereocenters. The zero-order chi connectivity index (χ0) is 23.4. The van der Waals surface area contributed by atoms with Crippen molar-refractivity contribution in [3.8, 4) is 23.3 Å². The number of nitrogens with zero attached hydrogens (tertiary/aromatic N) is 3. The highest BCUT2D eigenvalue weighted by Gasteiger charge is 2.20. The summed E-state index contributed by atoms with van der Waals surface area (Å²) in [5.74, 6) is 1.59. The first-order valence-electron chi connectivity index (χ1n) is 10.3. The molecule has 4 rings (SSSR count). The standard InChI is InChI=1S/C25H22N4O4/c1-4-32-25(30)22-15-29-24(16(22)2)23(17(13-26)14-27-29)28-18-8-10-19(11-9-18)33-21-7-5-6-20(12-21)31-3/h5-12,14-15,28H,4H2,1-3H3.